The molecule has 0 aliphatic heterocycles. The predicted molar refractivity (Wildman–Crippen MR) is 90.6 cm³/mol. The Labute approximate surface area is 143 Å². The van der Waals surface area contributed by atoms with Crippen molar-refractivity contribution in [2.45, 2.75) is 39.3 Å². The van der Waals surface area contributed by atoms with Crippen molar-refractivity contribution in [3.8, 4) is 0 Å². The van der Waals surface area contributed by atoms with Crippen LogP contribution in [-0.2, 0) is 11.3 Å². The van der Waals surface area contributed by atoms with E-state index in [2.05, 4.69) is 31.7 Å². The van der Waals surface area contributed by atoms with Gasteiger partial charge in [-0.2, -0.15) is 5.10 Å². The van der Waals surface area contributed by atoms with Gasteiger partial charge in [0.15, 0.2) is 0 Å². The molecule has 1 amide bonds. The van der Waals surface area contributed by atoms with Crippen LogP contribution in [0.2, 0.25) is 0 Å². The summed E-state index contributed by atoms with van der Waals surface area (Å²) in [6.07, 6.45) is 1.72. The van der Waals surface area contributed by atoms with Crippen LogP contribution in [0.1, 0.15) is 27.2 Å². The number of carbonyl (C=O) groups is 1. The Bertz CT molecular complexity index is 583. The molecule has 0 radical (unpaired) electrons. The van der Waals surface area contributed by atoms with Crippen LogP contribution in [0, 0.1) is 0 Å². The third-order valence-electron chi connectivity index (χ3n) is 2.63. The van der Waals surface area contributed by atoms with Gasteiger partial charge in [0, 0.05) is 13.1 Å². The van der Waals surface area contributed by atoms with E-state index in [-0.39, 0.29) is 18.7 Å². The molecule has 3 N–H and O–H groups in total. The van der Waals surface area contributed by atoms with Gasteiger partial charge >= 0.3 is 6.09 Å². The number of nitrogens with zero attached hydrogens (tertiary/aromatic N) is 2. The third kappa shape index (κ3) is 7.00. The highest BCUT2D eigenvalue weighted by molar-refractivity contribution is 9.10. The molecular weight excluding hydrogens is 368 g/mol. The summed E-state index contributed by atoms with van der Waals surface area (Å²) >= 11 is 3.22. The molecule has 9 heteroatoms. The molecule has 0 aliphatic rings. The van der Waals surface area contributed by atoms with Gasteiger partial charge < -0.3 is 20.5 Å². The smallest absolute Gasteiger partial charge is 0.407 e. The maximum Gasteiger partial charge on any atom is 0.407 e. The van der Waals surface area contributed by atoms with Crippen molar-refractivity contribution in [2.75, 3.05) is 25.0 Å². The lowest BCUT2D eigenvalue weighted by atomic mass is 10.2. The number of rotatable bonds is 7. The average Bonchev–Trinajstić information content (AvgIpc) is 2.44. The van der Waals surface area contributed by atoms with Crippen molar-refractivity contribution < 1.29 is 14.6 Å². The van der Waals surface area contributed by atoms with Crippen LogP contribution >= 0.6 is 15.9 Å². The molecule has 1 heterocycles. The zero-order valence-corrected chi connectivity index (χ0v) is 15.1. The minimum atomic E-state index is -0.516. The Morgan fingerprint density at radius 3 is 2.74 bits per heavy atom. The van der Waals surface area contributed by atoms with Gasteiger partial charge in [-0.25, -0.2) is 9.48 Å². The van der Waals surface area contributed by atoms with Crippen molar-refractivity contribution in [3.63, 3.8) is 0 Å². The molecule has 1 aromatic rings. The van der Waals surface area contributed by atoms with Gasteiger partial charge in [-0.1, -0.05) is 0 Å². The fourth-order valence-corrected chi connectivity index (χ4v) is 2.11. The highest BCUT2D eigenvalue weighted by Crippen LogP contribution is 2.15. The van der Waals surface area contributed by atoms with Crippen LogP contribution in [-0.4, -0.2) is 46.3 Å². The van der Waals surface area contributed by atoms with Gasteiger partial charge in [-0.3, -0.25) is 4.79 Å². The minimum absolute atomic E-state index is 0.150. The molecule has 0 aliphatic carbocycles. The number of hydrogen-bond donors (Lipinski definition) is 3. The van der Waals surface area contributed by atoms with Crippen molar-refractivity contribution >= 4 is 27.7 Å². The van der Waals surface area contributed by atoms with Gasteiger partial charge in [-0.15, -0.1) is 0 Å². The second kappa shape index (κ2) is 8.88. The molecule has 0 spiro atoms. The molecule has 1 aromatic heterocycles. The summed E-state index contributed by atoms with van der Waals surface area (Å²) < 4.78 is 6.66. The number of alkyl carbamates (subject to hydrolysis) is 1. The molecule has 130 valence electrons. The van der Waals surface area contributed by atoms with Gasteiger partial charge in [0.2, 0.25) is 0 Å². The maximum absolute atomic E-state index is 11.9. The molecule has 23 heavy (non-hydrogen) atoms. The number of aliphatic hydroxyl groups is 1. The zero-order chi connectivity index (χ0) is 17.5. The summed E-state index contributed by atoms with van der Waals surface area (Å²) in [7, 11) is 0. The first kappa shape index (κ1) is 19.4. The number of nitrogens with one attached hydrogen (secondary N) is 2. The van der Waals surface area contributed by atoms with E-state index in [1.165, 1.54) is 10.9 Å². The van der Waals surface area contributed by atoms with Crippen LogP contribution in [0.3, 0.4) is 0 Å². The quantitative estimate of drug-likeness (QED) is 0.606. The predicted octanol–water partition coefficient (Wildman–Crippen LogP) is 1.32. The van der Waals surface area contributed by atoms with E-state index in [4.69, 9.17) is 9.84 Å². The Morgan fingerprint density at radius 2 is 2.13 bits per heavy atom. The van der Waals surface area contributed by atoms with Gasteiger partial charge in [0.05, 0.1) is 25.0 Å². The minimum Gasteiger partial charge on any atom is -0.444 e. The van der Waals surface area contributed by atoms with Crippen LogP contribution in [0.15, 0.2) is 15.5 Å². The second-order valence-corrected chi connectivity index (χ2v) is 6.63. The summed E-state index contributed by atoms with van der Waals surface area (Å²) in [5.41, 5.74) is -0.255. The molecule has 0 saturated heterocycles. The summed E-state index contributed by atoms with van der Waals surface area (Å²) in [6, 6.07) is 0. The van der Waals surface area contributed by atoms with E-state index in [1.807, 2.05) is 0 Å². The van der Waals surface area contributed by atoms with Crippen molar-refractivity contribution in [2.24, 2.45) is 0 Å². The third-order valence-corrected chi connectivity index (χ3v) is 3.40. The lowest BCUT2D eigenvalue weighted by molar-refractivity contribution is 0.0528. The van der Waals surface area contributed by atoms with Crippen molar-refractivity contribution in [3.05, 3.63) is 21.0 Å². The Balaban J connectivity index is 2.38. The maximum atomic E-state index is 11.9. The van der Waals surface area contributed by atoms with E-state index in [0.29, 0.717) is 29.7 Å². The number of amides is 1. The highest BCUT2D eigenvalue weighted by Gasteiger charge is 2.15. The van der Waals surface area contributed by atoms with Crippen molar-refractivity contribution in [1.82, 2.24) is 15.1 Å². The molecule has 0 atom stereocenters. The standard InChI is InChI=1S/C14H23BrN4O4/c1-14(2,3)23-13(22)17-6-4-5-16-10-9-18-19(7-8-20)12(21)11(10)15/h9,16,20H,4-8H2,1-3H3,(H,17,22). The molecule has 0 aromatic carbocycles. The number of anilines is 1. The Hall–Kier alpha value is -1.61. The number of carbonyl (C=O) groups excluding carboxylic acids is 1. The fraction of sp³-hybridized carbons (Fsp3) is 0.643. The molecule has 0 fully saturated rings. The monoisotopic (exact) mass is 390 g/mol. The molecule has 1 rings (SSSR count). The van der Waals surface area contributed by atoms with Crippen LogP contribution < -0.4 is 16.2 Å². The topological polar surface area (TPSA) is 105 Å². The van der Waals surface area contributed by atoms with E-state index in [9.17, 15) is 9.59 Å². The molecule has 0 saturated carbocycles. The molecule has 0 bridgehead atoms. The highest BCUT2D eigenvalue weighted by atomic mass is 79.9. The Morgan fingerprint density at radius 1 is 1.43 bits per heavy atom. The summed E-state index contributed by atoms with van der Waals surface area (Å²) in [5, 5.41) is 18.5. The van der Waals surface area contributed by atoms with Crippen molar-refractivity contribution in [1.29, 1.82) is 0 Å². The van der Waals surface area contributed by atoms with E-state index >= 15 is 0 Å². The number of hydrogen-bond acceptors (Lipinski definition) is 6. The first-order chi connectivity index (χ1) is 10.7. The average molecular weight is 391 g/mol. The first-order valence-electron chi connectivity index (χ1n) is 7.32. The van der Waals surface area contributed by atoms with Gasteiger partial charge in [0.25, 0.3) is 5.56 Å². The number of aromatic nitrogens is 2. The Kier molecular flexibility index (Phi) is 7.50. The molecule has 8 nitrogen and oxygen atoms in total. The number of aliphatic hydroxyl groups excluding tert-OH is 1. The molecular formula is C14H23BrN4O4. The van der Waals surface area contributed by atoms with Crippen LogP contribution in [0.4, 0.5) is 10.5 Å². The summed E-state index contributed by atoms with van der Waals surface area (Å²) in [4.78, 5) is 23.4. The largest absolute Gasteiger partial charge is 0.444 e. The lowest BCUT2D eigenvalue weighted by Gasteiger charge is -2.19. The lowest BCUT2D eigenvalue weighted by Crippen LogP contribution is -2.33. The fourth-order valence-electron chi connectivity index (χ4n) is 1.66. The van der Waals surface area contributed by atoms with E-state index < -0.39 is 11.7 Å². The summed E-state index contributed by atoms with van der Waals surface area (Å²) in [6.45, 7) is 6.42. The van der Waals surface area contributed by atoms with E-state index in [0.717, 1.165) is 0 Å². The van der Waals surface area contributed by atoms with Crippen LogP contribution in [0.5, 0.6) is 0 Å². The van der Waals surface area contributed by atoms with Gasteiger partial charge in [-0.05, 0) is 43.1 Å². The number of ether oxygens (including phenoxy) is 1. The van der Waals surface area contributed by atoms with Gasteiger partial charge in [0.1, 0.15) is 10.1 Å². The SMILES string of the molecule is CC(C)(C)OC(=O)NCCCNc1cnn(CCO)c(=O)c1Br. The number of halogens is 1. The van der Waals surface area contributed by atoms with E-state index in [1.54, 1.807) is 20.8 Å². The normalized spacial score (nSPS) is 11.2. The second-order valence-electron chi connectivity index (χ2n) is 5.83. The summed E-state index contributed by atoms with van der Waals surface area (Å²) in [5.74, 6) is 0. The zero-order valence-electron chi connectivity index (χ0n) is 13.6. The van der Waals surface area contributed by atoms with Crippen LogP contribution in [0.25, 0.3) is 0 Å². The molecule has 0 unspecified atom stereocenters. The first-order valence-corrected chi connectivity index (χ1v) is 8.11.